The summed E-state index contributed by atoms with van der Waals surface area (Å²) in [5.41, 5.74) is 1.49. The van der Waals surface area contributed by atoms with Crippen LogP contribution >= 0.6 is 22.9 Å². The average Bonchev–Trinajstić information content (AvgIpc) is 3.06. The molecule has 3 aromatic rings. The Hall–Kier alpha value is -2.44. The number of nitrogens with zero attached hydrogens (tertiary/aromatic N) is 1. The van der Waals surface area contributed by atoms with Crippen molar-refractivity contribution in [2.24, 2.45) is 0 Å². The van der Waals surface area contributed by atoms with E-state index in [-0.39, 0.29) is 18.4 Å². The summed E-state index contributed by atoms with van der Waals surface area (Å²) in [5, 5.41) is 7.02. The first kappa shape index (κ1) is 18.4. The molecule has 1 aromatic heterocycles. The summed E-state index contributed by atoms with van der Waals surface area (Å²) in [6.45, 7) is 0.494. The molecule has 0 aliphatic heterocycles. The van der Waals surface area contributed by atoms with E-state index in [0.717, 1.165) is 23.4 Å². The van der Waals surface area contributed by atoms with E-state index in [9.17, 15) is 9.59 Å². The fraction of sp³-hybridized carbons (Fsp3) is 0.211. The number of nitrogens with one attached hydrogen (secondary N) is 2. The van der Waals surface area contributed by atoms with Gasteiger partial charge >= 0.3 is 0 Å². The van der Waals surface area contributed by atoms with Crippen LogP contribution in [0.15, 0.2) is 48.5 Å². The molecule has 3 rings (SSSR count). The maximum atomic E-state index is 11.9. The van der Waals surface area contributed by atoms with E-state index in [1.165, 1.54) is 4.70 Å². The zero-order valence-corrected chi connectivity index (χ0v) is 15.6. The van der Waals surface area contributed by atoms with Crippen LogP contribution in [0.5, 0.6) is 0 Å². The molecular formula is C19H18ClN3O2S. The molecule has 0 unspecified atom stereocenters. The van der Waals surface area contributed by atoms with Crippen molar-refractivity contribution in [2.75, 3.05) is 13.1 Å². The van der Waals surface area contributed by atoms with E-state index in [4.69, 9.17) is 11.6 Å². The van der Waals surface area contributed by atoms with Gasteiger partial charge in [0.25, 0.3) is 5.91 Å². The molecular weight excluding hydrogens is 370 g/mol. The number of benzene rings is 2. The monoisotopic (exact) mass is 387 g/mol. The Bertz CT molecular complexity index is 876. The van der Waals surface area contributed by atoms with Crippen LogP contribution in [-0.2, 0) is 11.2 Å². The van der Waals surface area contributed by atoms with Crippen molar-refractivity contribution in [1.82, 2.24) is 15.6 Å². The van der Waals surface area contributed by atoms with Gasteiger partial charge < -0.3 is 10.6 Å². The summed E-state index contributed by atoms with van der Waals surface area (Å²) in [6.07, 6.45) is 1.62. The summed E-state index contributed by atoms with van der Waals surface area (Å²) in [6, 6.07) is 14.5. The second-order valence-corrected chi connectivity index (χ2v) is 7.27. The molecule has 0 fully saturated rings. The number of rotatable bonds is 7. The number of thiazole rings is 1. The lowest BCUT2D eigenvalue weighted by Gasteiger charge is -2.06. The molecule has 0 bridgehead atoms. The van der Waals surface area contributed by atoms with Gasteiger partial charge in [-0.15, -0.1) is 11.3 Å². The van der Waals surface area contributed by atoms with E-state index in [2.05, 4.69) is 21.7 Å². The van der Waals surface area contributed by atoms with E-state index in [0.29, 0.717) is 17.1 Å². The van der Waals surface area contributed by atoms with Gasteiger partial charge in [0.2, 0.25) is 5.91 Å². The zero-order valence-electron chi connectivity index (χ0n) is 14.0. The standard InChI is InChI=1S/C19H18ClN3O2S/c20-14-9-7-13(8-10-14)19(25)22-12-17(24)21-11-3-6-18-23-15-4-1-2-5-16(15)26-18/h1-2,4-5,7-10H,3,6,11-12H2,(H,21,24)(H,22,25). The lowest BCUT2D eigenvalue weighted by atomic mass is 10.2. The number of halogens is 1. The summed E-state index contributed by atoms with van der Waals surface area (Å²) in [7, 11) is 0. The van der Waals surface area contributed by atoms with Crippen molar-refractivity contribution >= 4 is 45.0 Å². The van der Waals surface area contributed by atoms with Gasteiger partial charge in [-0.3, -0.25) is 9.59 Å². The number of fused-ring (bicyclic) bond motifs is 1. The predicted molar refractivity (Wildman–Crippen MR) is 105 cm³/mol. The largest absolute Gasteiger partial charge is 0.355 e. The molecule has 0 spiro atoms. The molecule has 7 heteroatoms. The first-order chi connectivity index (χ1) is 12.6. The lowest BCUT2D eigenvalue weighted by molar-refractivity contribution is -0.120. The summed E-state index contributed by atoms with van der Waals surface area (Å²) >= 11 is 7.46. The molecule has 5 nitrogen and oxygen atoms in total. The SMILES string of the molecule is O=C(CNC(=O)c1ccc(Cl)cc1)NCCCc1nc2ccccc2s1. The maximum Gasteiger partial charge on any atom is 0.251 e. The Morgan fingerprint density at radius 1 is 1.04 bits per heavy atom. The first-order valence-electron chi connectivity index (χ1n) is 8.27. The third kappa shape index (κ3) is 5.03. The van der Waals surface area contributed by atoms with Gasteiger partial charge in [-0.05, 0) is 42.8 Å². The molecule has 2 amide bonds. The van der Waals surface area contributed by atoms with Crippen LogP contribution in [-0.4, -0.2) is 29.9 Å². The van der Waals surface area contributed by atoms with Crippen LogP contribution in [0.1, 0.15) is 21.8 Å². The molecule has 0 saturated heterocycles. The zero-order chi connectivity index (χ0) is 18.4. The van der Waals surface area contributed by atoms with Crippen LogP contribution in [0.25, 0.3) is 10.2 Å². The van der Waals surface area contributed by atoms with Crippen LogP contribution < -0.4 is 10.6 Å². The van der Waals surface area contributed by atoms with Gasteiger partial charge in [0.05, 0.1) is 21.8 Å². The van der Waals surface area contributed by atoms with E-state index in [1.807, 2.05) is 18.2 Å². The highest BCUT2D eigenvalue weighted by atomic mass is 35.5. The van der Waals surface area contributed by atoms with Crippen molar-refractivity contribution in [2.45, 2.75) is 12.8 Å². The molecule has 0 aliphatic carbocycles. The molecule has 134 valence electrons. The Morgan fingerprint density at radius 2 is 1.81 bits per heavy atom. The van der Waals surface area contributed by atoms with Crippen LogP contribution in [0.2, 0.25) is 5.02 Å². The topological polar surface area (TPSA) is 71.1 Å². The van der Waals surface area contributed by atoms with Crippen LogP contribution in [0, 0.1) is 0 Å². The third-order valence-corrected chi connectivity index (χ3v) is 5.09. The highest BCUT2D eigenvalue weighted by Crippen LogP contribution is 2.22. The fourth-order valence-corrected chi connectivity index (χ4v) is 3.56. The second kappa shape index (κ2) is 8.78. The van der Waals surface area contributed by atoms with Crippen molar-refractivity contribution in [3.8, 4) is 0 Å². The van der Waals surface area contributed by atoms with Gasteiger partial charge in [0.1, 0.15) is 0 Å². The van der Waals surface area contributed by atoms with Crippen molar-refractivity contribution in [3.63, 3.8) is 0 Å². The second-order valence-electron chi connectivity index (χ2n) is 5.72. The molecule has 0 aliphatic rings. The minimum absolute atomic E-state index is 0.0530. The molecule has 26 heavy (non-hydrogen) atoms. The number of aromatic nitrogens is 1. The molecule has 2 N–H and O–H groups in total. The number of hydrogen-bond donors (Lipinski definition) is 2. The van der Waals surface area contributed by atoms with Gasteiger partial charge in [-0.2, -0.15) is 0 Å². The van der Waals surface area contributed by atoms with Gasteiger partial charge in [-0.1, -0.05) is 23.7 Å². The Morgan fingerprint density at radius 3 is 2.58 bits per heavy atom. The maximum absolute atomic E-state index is 11.9. The summed E-state index contributed by atoms with van der Waals surface area (Å²) in [5.74, 6) is -0.511. The third-order valence-electron chi connectivity index (χ3n) is 3.74. The average molecular weight is 388 g/mol. The van der Waals surface area contributed by atoms with E-state index >= 15 is 0 Å². The highest BCUT2D eigenvalue weighted by molar-refractivity contribution is 7.18. The summed E-state index contributed by atoms with van der Waals surface area (Å²) < 4.78 is 1.18. The van der Waals surface area contributed by atoms with Crippen molar-refractivity contribution < 1.29 is 9.59 Å². The lowest BCUT2D eigenvalue weighted by Crippen LogP contribution is -2.37. The number of amides is 2. The smallest absolute Gasteiger partial charge is 0.251 e. The van der Waals surface area contributed by atoms with E-state index in [1.54, 1.807) is 35.6 Å². The number of para-hydroxylation sites is 1. The van der Waals surface area contributed by atoms with Crippen LogP contribution in [0.4, 0.5) is 0 Å². The fourth-order valence-electron chi connectivity index (χ4n) is 2.42. The predicted octanol–water partition coefficient (Wildman–Crippen LogP) is 3.43. The van der Waals surface area contributed by atoms with Crippen molar-refractivity contribution in [1.29, 1.82) is 0 Å². The van der Waals surface area contributed by atoms with Gasteiger partial charge in [0.15, 0.2) is 0 Å². The number of carbonyl (C=O) groups excluding carboxylic acids is 2. The quantitative estimate of drug-likeness (QED) is 0.610. The molecule has 0 radical (unpaired) electrons. The van der Waals surface area contributed by atoms with Crippen LogP contribution in [0.3, 0.4) is 0 Å². The molecule has 2 aromatic carbocycles. The van der Waals surface area contributed by atoms with Crippen molar-refractivity contribution in [3.05, 3.63) is 64.1 Å². The first-order valence-corrected chi connectivity index (χ1v) is 9.46. The Labute approximate surface area is 160 Å². The number of hydrogen-bond acceptors (Lipinski definition) is 4. The molecule has 1 heterocycles. The summed E-state index contributed by atoms with van der Waals surface area (Å²) in [4.78, 5) is 28.3. The highest BCUT2D eigenvalue weighted by Gasteiger charge is 2.08. The number of carbonyl (C=O) groups is 2. The minimum atomic E-state index is -0.300. The van der Waals surface area contributed by atoms with Gasteiger partial charge in [-0.25, -0.2) is 4.98 Å². The molecule has 0 atom stereocenters. The molecule has 0 saturated carbocycles. The number of aryl methyl sites for hydroxylation is 1. The normalized spacial score (nSPS) is 10.7. The Kier molecular flexibility index (Phi) is 6.20. The van der Waals surface area contributed by atoms with E-state index < -0.39 is 0 Å². The van der Waals surface area contributed by atoms with Gasteiger partial charge in [0, 0.05) is 23.6 Å². The minimum Gasteiger partial charge on any atom is -0.355 e. The Balaban J connectivity index is 1.36.